The van der Waals surface area contributed by atoms with Crippen molar-refractivity contribution in [2.24, 2.45) is 0 Å². The molecule has 13 heavy (non-hydrogen) atoms. The van der Waals surface area contributed by atoms with E-state index in [-0.39, 0.29) is 0 Å². The fourth-order valence-electron chi connectivity index (χ4n) is 2.71. The molecule has 0 aliphatic carbocycles. The van der Waals surface area contributed by atoms with Gasteiger partial charge in [0.15, 0.2) is 0 Å². The van der Waals surface area contributed by atoms with Crippen molar-refractivity contribution in [1.82, 2.24) is 6.24 Å². The Bertz CT molecular complexity index is 160. The molecule has 1 rings (SSSR count). The molecule has 3 heteroatoms. The second-order valence-electron chi connectivity index (χ2n) is 5.07. The van der Waals surface area contributed by atoms with Crippen LogP contribution in [-0.2, 0) is 0 Å². The predicted octanol–water partition coefficient (Wildman–Crippen LogP) is 2.12. The quantitative estimate of drug-likeness (QED) is 0.719. The molecule has 78 valence electrons. The van der Waals surface area contributed by atoms with Crippen LogP contribution < -0.4 is 0 Å². The van der Waals surface area contributed by atoms with Crippen LogP contribution in [-0.4, -0.2) is 50.3 Å². The number of hydrogen-bond acceptors (Lipinski definition) is 2. The summed E-state index contributed by atoms with van der Waals surface area (Å²) in [7, 11) is 0. The van der Waals surface area contributed by atoms with Crippen LogP contribution >= 0.6 is 0 Å². The van der Waals surface area contributed by atoms with Crippen LogP contribution in [0.25, 0.3) is 0 Å². The Morgan fingerprint density at radius 2 is 1.15 bits per heavy atom. The molecular weight excluding hydrogens is 267 g/mol. The average molecular weight is 291 g/mol. The van der Waals surface area contributed by atoms with Crippen LogP contribution in [0, 0.1) is 0 Å². The van der Waals surface area contributed by atoms with Gasteiger partial charge in [-0.05, 0) is 0 Å². The van der Waals surface area contributed by atoms with Gasteiger partial charge in [-0.3, -0.25) is 0 Å². The first-order chi connectivity index (χ1) is 5.87. The second-order valence-corrected chi connectivity index (χ2v) is 16.9. The van der Waals surface area contributed by atoms with Crippen molar-refractivity contribution in [2.45, 2.75) is 49.7 Å². The van der Waals surface area contributed by atoms with E-state index in [2.05, 4.69) is 43.8 Å². The normalized spacial score (nSPS) is 24.9. The van der Waals surface area contributed by atoms with E-state index in [0.717, 1.165) is 12.1 Å². The summed E-state index contributed by atoms with van der Waals surface area (Å²) < 4.78 is 5.57. The molecule has 0 unspecified atom stereocenters. The van der Waals surface area contributed by atoms with Crippen molar-refractivity contribution in [3.8, 4) is 0 Å². The molecule has 1 aliphatic rings. The van der Waals surface area contributed by atoms with Gasteiger partial charge in [-0.2, -0.15) is 0 Å². The standard InChI is InChI=1S/C8H18N2.2CH3.Sn/c1-7(2)9-5-6-10-8(3)4;;;/h7-8H,5-6H2,1-4H3;2*1H3;/q-2;;;+2. The topological polar surface area (TPSA) is 6.48 Å². The van der Waals surface area contributed by atoms with Gasteiger partial charge in [0.05, 0.1) is 0 Å². The third kappa shape index (κ3) is 2.21. The summed E-state index contributed by atoms with van der Waals surface area (Å²) in [4.78, 5) is 5.09. The van der Waals surface area contributed by atoms with Crippen molar-refractivity contribution < 1.29 is 0 Å². The van der Waals surface area contributed by atoms with Gasteiger partial charge in [-0.1, -0.05) is 0 Å². The SMILES string of the molecule is CC(C)[N]1CC[N](C(C)C)[Sn]1([CH3])[CH3]. The molecule has 0 amide bonds. The van der Waals surface area contributed by atoms with Crippen LogP contribution in [0.5, 0.6) is 0 Å². The number of nitrogens with zero attached hydrogens (tertiary/aromatic N) is 2. The Morgan fingerprint density at radius 3 is 1.31 bits per heavy atom. The van der Waals surface area contributed by atoms with Crippen molar-refractivity contribution in [2.75, 3.05) is 13.1 Å². The van der Waals surface area contributed by atoms with E-state index < -0.39 is 18.9 Å². The van der Waals surface area contributed by atoms with E-state index >= 15 is 0 Å². The maximum atomic E-state index is 2.79. The average Bonchev–Trinajstić information content (AvgIpc) is 2.24. The zero-order chi connectivity index (χ0) is 10.2. The van der Waals surface area contributed by atoms with Gasteiger partial charge in [0, 0.05) is 0 Å². The van der Waals surface area contributed by atoms with Gasteiger partial charge in [0.25, 0.3) is 0 Å². The minimum absolute atomic E-state index is 0.745. The molecule has 0 spiro atoms. The van der Waals surface area contributed by atoms with E-state index in [9.17, 15) is 0 Å². The van der Waals surface area contributed by atoms with Gasteiger partial charge in [0.1, 0.15) is 0 Å². The molecule has 1 aliphatic heterocycles. The first kappa shape index (κ1) is 11.8. The van der Waals surface area contributed by atoms with Crippen molar-refractivity contribution in [3.63, 3.8) is 0 Å². The number of hydrogen-bond donors (Lipinski definition) is 0. The third-order valence-electron chi connectivity index (χ3n) is 3.23. The summed E-state index contributed by atoms with van der Waals surface area (Å²) in [5, 5.41) is 0. The Kier molecular flexibility index (Phi) is 3.69. The summed E-state index contributed by atoms with van der Waals surface area (Å²) >= 11 is -2.02. The second kappa shape index (κ2) is 4.07. The van der Waals surface area contributed by atoms with Crippen LogP contribution in [0.2, 0.25) is 9.88 Å². The van der Waals surface area contributed by atoms with E-state index in [0.29, 0.717) is 0 Å². The van der Waals surface area contributed by atoms with Crippen molar-refractivity contribution in [1.29, 1.82) is 0 Å². The van der Waals surface area contributed by atoms with Gasteiger partial charge in [-0.15, -0.1) is 0 Å². The predicted molar refractivity (Wildman–Crippen MR) is 61.2 cm³/mol. The van der Waals surface area contributed by atoms with Crippen LogP contribution in [0.4, 0.5) is 0 Å². The minimum atomic E-state index is -2.02. The molecule has 1 fully saturated rings. The molecular formula is C10H24N2Sn. The maximum absolute atomic E-state index is 2.79. The fourth-order valence-corrected chi connectivity index (χ4v) is 14.6. The molecule has 0 radical (unpaired) electrons. The Hall–Kier alpha value is 0.719. The van der Waals surface area contributed by atoms with E-state index in [1.807, 2.05) is 0 Å². The molecule has 0 saturated carbocycles. The summed E-state index contributed by atoms with van der Waals surface area (Å²) in [5.41, 5.74) is 0. The molecule has 0 N–H and O–H groups in total. The molecule has 0 aromatic heterocycles. The van der Waals surface area contributed by atoms with Crippen LogP contribution in [0.3, 0.4) is 0 Å². The van der Waals surface area contributed by atoms with Gasteiger partial charge >= 0.3 is 87.9 Å². The molecule has 1 saturated heterocycles. The molecule has 1 heterocycles. The van der Waals surface area contributed by atoms with Gasteiger partial charge < -0.3 is 0 Å². The van der Waals surface area contributed by atoms with Gasteiger partial charge in [0.2, 0.25) is 0 Å². The molecule has 0 aromatic carbocycles. The van der Waals surface area contributed by atoms with E-state index in [4.69, 9.17) is 0 Å². The first-order valence-corrected chi connectivity index (χ1v) is 13.7. The molecule has 0 aromatic rings. The Labute approximate surface area is 87.9 Å². The van der Waals surface area contributed by atoms with Crippen molar-refractivity contribution in [3.05, 3.63) is 0 Å². The molecule has 0 bridgehead atoms. The van der Waals surface area contributed by atoms with E-state index in [1.165, 1.54) is 13.1 Å². The Morgan fingerprint density at radius 1 is 0.846 bits per heavy atom. The van der Waals surface area contributed by atoms with E-state index in [1.54, 1.807) is 0 Å². The van der Waals surface area contributed by atoms with Gasteiger partial charge in [-0.25, -0.2) is 0 Å². The first-order valence-electron chi connectivity index (χ1n) is 5.41. The monoisotopic (exact) mass is 292 g/mol. The summed E-state index contributed by atoms with van der Waals surface area (Å²) in [5.74, 6) is 0. The summed E-state index contributed by atoms with van der Waals surface area (Å²) in [6.45, 7) is 12.0. The van der Waals surface area contributed by atoms with Crippen molar-refractivity contribution >= 4 is 18.9 Å². The molecule has 0 atom stereocenters. The third-order valence-corrected chi connectivity index (χ3v) is 15.5. The van der Waals surface area contributed by atoms with Crippen LogP contribution in [0.15, 0.2) is 0 Å². The zero-order valence-corrected chi connectivity index (χ0v) is 12.8. The zero-order valence-electron chi connectivity index (χ0n) is 9.96. The summed E-state index contributed by atoms with van der Waals surface area (Å²) in [6, 6.07) is 1.49. The molecule has 2 nitrogen and oxygen atoms in total. The van der Waals surface area contributed by atoms with Crippen LogP contribution in [0.1, 0.15) is 27.7 Å². The Balaban J connectivity index is 2.76. The number of rotatable bonds is 2. The summed E-state index contributed by atoms with van der Waals surface area (Å²) in [6.07, 6.45) is 0. The fraction of sp³-hybridized carbons (Fsp3) is 1.00.